The average molecular weight is 327 g/mol. The van der Waals surface area contributed by atoms with Gasteiger partial charge < -0.3 is 15.1 Å². The maximum atomic E-state index is 11.6. The zero-order chi connectivity index (χ0) is 16.3. The van der Waals surface area contributed by atoms with Crippen molar-refractivity contribution >= 4 is 21.5 Å². The van der Waals surface area contributed by atoms with Gasteiger partial charge in [0.25, 0.3) is 0 Å². The smallest absolute Gasteiger partial charge is 0.152 e. The highest BCUT2D eigenvalue weighted by Gasteiger charge is 2.31. The lowest BCUT2D eigenvalue weighted by atomic mass is 10.2. The highest BCUT2D eigenvalue weighted by molar-refractivity contribution is 7.91. The molecule has 1 N–H and O–H groups in total. The van der Waals surface area contributed by atoms with Crippen molar-refractivity contribution in [2.45, 2.75) is 19.4 Å². The van der Waals surface area contributed by atoms with Crippen molar-refractivity contribution in [1.82, 2.24) is 14.9 Å². The molecule has 0 bridgehead atoms. The molecular formula is C14H25N5O2S. The van der Waals surface area contributed by atoms with Crippen LogP contribution in [0, 0.1) is 6.92 Å². The number of sulfone groups is 1. The van der Waals surface area contributed by atoms with E-state index in [1.807, 2.05) is 39.0 Å². The van der Waals surface area contributed by atoms with E-state index in [1.165, 1.54) is 0 Å². The Labute approximate surface area is 132 Å². The summed E-state index contributed by atoms with van der Waals surface area (Å²) in [6.07, 6.45) is 0.658. The molecule has 22 heavy (non-hydrogen) atoms. The predicted molar refractivity (Wildman–Crippen MR) is 89.3 cm³/mol. The van der Waals surface area contributed by atoms with Crippen LogP contribution in [0.4, 0.5) is 11.6 Å². The van der Waals surface area contributed by atoms with Gasteiger partial charge in [-0.3, -0.25) is 0 Å². The fraction of sp³-hybridized carbons (Fsp3) is 0.714. The van der Waals surface area contributed by atoms with Crippen LogP contribution in [0.25, 0.3) is 0 Å². The Bertz CT molecular complexity index is 618. The molecule has 1 fully saturated rings. The van der Waals surface area contributed by atoms with E-state index in [2.05, 4.69) is 20.2 Å². The van der Waals surface area contributed by atoms with Gasteiger partial charge >= 0.3 is 0 Å². The van der Waals surface area contributed by atoms with Gasteiger partial charge in [0, 0.05) is 32.2 Å². The quantitative estimate of drug-likeness (QED) is 0.809. The van der Waals surface area contributed by atoms with Crippen molar-refractivity contribution in [2.75, 3.05) is 56.0 Å². The van der Waals surface area contributed by atoms with Gasteiger partial charge in [0.2, 0.25) is 0 Å². The van der Waals surface area contributed by atoms with Crippen molar-refractivity contribution in [3.8, 4) is 0 Å². The van der Waals surface area contributed by atoms with Crippen molar-refractivity contribution < 1.29 is 8.42 Å². The molecule has 0 aliphatic carbocycles. The molecule has 0 spiro atoms. The van der Waals surface area contributed by atoms with Gasteiger partial charge in [-0.25, -0.2) is 18.4 Å². The fourth-order valence-electron chi connectivity index (χ4n) is 2.50. The van der Waals surface area contributed by atoms with E-state index in [1.54, 1.807) is 0 Å². The highest BCUT2D eigenvalue weighted by Crippen LogP contribution is 2.23. The van der Waals surface area contributed by atoms with E-state index >= 15 is 0 Å². The molecule has 1 atom stereocenters. The number of rotatable bonds is 6. The van der Waals surface area contributed by atoms with Crippen molar-refractivity contribution in [3.63, 3.8) is 0 Å². The summed E-state index contributed by atoms with van der Waals surface area (Å²) in [5, 5.41) is 3.28. The van der Waals surface area contributed by atoms with Gasteiger partial charge in [0.05, 0.1) is 11.5 Å². The number of hydrogen-bond acceptors (Lipinski definition) is 7. The minimum absolute atomic E-state index is 0.00562. The van der Waals surface area contributed by atoms with Crippen LogP contribution in [0.15, 0.2) is 6.07 Å². The Morgan fingerprint density at radius 2 is 2.05 bits per heavy atom. The lowest BCUT2D eigenvalue weighted by molar-refractivity contribution is 0.425. The summed E-state index contributed by atoms with van der Waals surface area (Å²) in [6, 6.07) is 1.88. The van der Waals surface area contributed by atoms with Crippen LogP contribution in [-0.2, 0) is 9.84 Å². The van der Waals surface area contributed by atoms with Crippen LogP contribution in [0.5, 0.6) is 0 Å². The van der Waals surface area contributed by atoms with Gasteiger partial charge in [-0.2, -0.15) is 0 Å². The molecule has 1 aliphatic heterocycles. The zero-order valence-electron chi connectivity index (χ0n) is 13.7. The van der Waals surface area contributed by atoms with E-state index in [-0.39, 0.29) is 17.5 Å². The second-order valence-electron chi connectivity index (χ2n) is 6.06. The molecule has 1 saturated heterocycles. The summed E-state index contributed by atoms with van der Waals surface area (Å²) in [7, 11) is 3.04. The normalized spacial score (nSPS) is 20.3. The summed E-state index contributed by atoms with van der Waals surface area (Å²) < 4.78 is 23.3. The molecule has 1 aliphatic rings. The first-order valence-corrected chi connectivity index (χ1v) is 9.26. The predicted octanol–water partition coefficient (Wildman–Crippen LogP) is 0.382. The molecule has 0 amide bonds. The van der Waals surface area contributed by atoms with Crippen molar-refractivity contribution in [3.05, 3.63) is 11.9 Å². The molecule has 0 aromatic carbocycles. The van der Waals surface area contributed by atoms with Crippen LogP contribution in [-0.4, -0.2) is 75.1 Å². The molecule has 1 unspecified atom stereocenters. The van der Waals surface area contributed by atoms with E-state index < -0.39 is 9.84 Å². The van der Waals surface area contributed by atoms with Gasteiger partial charge in [-0.05, 0) is 27.4 Å². The van der Waals surface area contributed by atoms with E-state index in [0.717, 1.165) is 24.7 Å². The highest BCUT2D eigenvalue weighted by atomic mass is 32.2. The Kier molecular flexibility index (Phi) is 5.23. The van der Waals surface area contributed by atoms with Crippen LogP contribution in [0.3, 0.4) is 0 Å². The number of likely N-dealkylation sites (N-methyl/N-ethyl adjacent to an activating group) is 1. The number of nitrogens with zero attached hydrogens (tertiary/aromatic N) is 4. The second-order valence-corrected chi connectivity index (χ2v) is 8.29. The molecule has 2 rings (SSSR count). The summed E-state index contributed by atoms with van der Waals surface area (Å²) in [5.41, 5.74) is 0. The number of nitrogens with one attached hydrogen (secondary N) is 1. The Hall–Kier alpha value is -1.41. The zero-order valence-corrected chi connectivity index (χ0v) is 14.5. The first kappa shape index (κ1) is 17.0. The van der Waals surface area contributed by atoms with E-state index in [0.29, 0.717) is 12.2 Å². The largest absolute Gasteiger partial charge is 0.369 e. The van der Waals surface area contributed by atoms with Crippen LogP contribution in [0.2, 0.25) is 0 Å². The lowest BCUT2D eigenvalue weighted by Gasteiger charge is -2.25. The average Bonchev–Trinajstić information content (AvgIpc) is 2.77. The number of hydrogen-bond donors (Lipinski definition) is 1. The molecule has 2 heterocycles. The SMILES string of the molecule is Cc1nc(NCCN(C)C)cc(N(C)C2CCS(=O)(=O)C2)n1. The Morgan fingerprint density at radius 1 is 1.32 bits per heavy atom. The number of anilines is 2. The molecule has 124 valence electrons. The van der Waals surface area contributed by atoms with Crippen molar-refractivity contribution in [1.29, 1.82) is 0 Å². The minimum Gasteiger partial charge on any atom is -0.369 e. The van der Waals surface area contributed by atoms with Gasteiger partial charge in [-0.15, -0.1) is 0 Å². The Balaban J connectivity index is 2.08. The summed E-state index contributed by atoms with van der Waals surface area (Å²) in [5.74, 6) is 2.69. The maximum absolute atomic E-state index is 11.6. The number of aromatic nitrogens is 2. The maximum Gasteiger partial charge on any atom is 0.152 e. The van der Waals surface area contributed by atoms with E-state index in [4.69, 9.17) is 0 Å². The number of aryl methyl sites for hydroxylation is 1. The third kappa shape index (κ3) is 4.54. The molecule has 0 radical (unpaired) electrons. The molecule has 8 heteroatoms. The fourth-order valence-corrected chi connectivity index (χ4v) is 4.27. The van der Waals surface area contributed by atoms with Crippen LogP contribution in [0.1, 0.15) is 12.2 Å². The summed E-state index contributed by atoms with van der Waals surface area (Å²) in [6.45, 7) is 3.55. The molecule has 1 aromatic heterocycles. The summed E-state index contributed by atoms with van der Waals surface area (Å²) in [4.78, 5) is 12.9. The molecule has 0 saturated carbocycles. The van der Waals surface area contributed by atoms with Crippen LogP contribution >= 0.6 is 0 Å². The topological polar surface area (TPSA) is 78.4 Å². The first-order chi connectivity index (χ1) is 10.3. The van der Waals surface area contributed by atoms with Gasteiger partial charge in [0.1, 0.15) is 17.5 Å². The second kappa shape index (κ2) is 6.78. The Morgan fingerprint density at radius 3 is 2.64 bits per heavy atom. The molecule has 7 nitrogen and oxygen atoms in total. The monoisotopic (exact) mass is 327 g/mol. The van der Waals surface area contributed by atoms with Gasteiger partial charge in [0.15, 0.2) is 9.84 Å². The molecular weight excluding hydrogens is 302 g/mol. The molecule has 1 aromatic rings. The van der Waals surface area contributed by atoms with Crippen LogP contribution < -0.4 is 10.2 Å². The summed E-state index contributed by atoms with van der Waals surface area (Å²) >= 11 is 0. The third-order valence-corrected chi connectivity index (χ3v) is 5.56. The van der Waals surface area contributed by atoms with E-state index in [9.17, 15) is 8.42 Å². The van der Waals surface area contributed by atoms with Gasteiger partial charge in [-0.1, -0.05) is 0 Å². The minimum atomic E-state index is -2.90. The first-order valence-electron chi connectivity index (χ1n) is 7.44. The lowest BCUT2D eigenvalue weighted by Crippen LogP contribution is -2.33. The third-order valence-electron chi connectivity index (χ3n) is 3.81. The standard InChI is InChI=1S/C14H25N5O2S/c1-11-16-13(15-6-7-18(2)3)9-14(17-11)19(4)12-5-8-22(20,21)10-12/h9,12H,5-8,10H2,1-4H3,(H,15,16,17). The van der Waals surface area contributed by atoms with Crippen molar-refractivity contribution in [2.24, 2.45) is 0 Å².